The second-order valence-electron chi connectivity index (χ2n) is 7.33. The normalized spacial score (nSPS) is 31.4. The molecule has 0 amide bonds. The first-order valence-corrected chi connectivity index (χ1v) is 8.44. The molecule has 1 spiro atoms. The summed E-state index contributed by atoms with van der Waals surface area (Å²) in [5.74, 6) is 1.68. The molecule has 3 heteroatoms. The van der Waals surface area contributed by atoms with Crippen LogP contribution in [0.25, 0.3) is 0 Å². The molecular weight excluding hydrogens is 260 g/mol. The van der Waals surface area contributed by atoms with Crippen LogP contribution < -0.4 is 4.90 Å². The molecule has 1 aromatic rings. The van der Waals surface area contributed by atoms with Crippen LogP contribution in [0.5, 0.6) is 0 Å². The first kappa shape index (κ1) is 13.3. The zero-order valence-electron chi connectivity index (χ0n) is 12.6. The Balaban J connectivity index is 1.44. The highest BCUT2D eigenvalue weighted by Gasteiger charge is 2.49. The maximum atomic E-state index is 12.2. The molecule has 0 bridgehead atoms. The molecule has 1 saturated heterocycles. The molecule has 3 fully saturated rings. The average Bonchev–Trinajstić information content (AvgIpc) is 2.88. The second-order valence-corrected chi connectivity index (χ2v) is 7.33. The van der Waals surface area contributed by atoms with Gasteiger partial charge in [-0.2, -0.15) is 0 Å². The maximum absolute atomic E-state index is 12.2. The Morgan fingerprint density at radius 3 is 2.62 bits per heavy atom. The van der Waals surface area contributed by atoms with Gasteiger partial charge >= 0.3 is 0 Å². The van der Waals surface area contributed by atoms with Crippen molar-refractivity contribution in [2.45, 2.75) is 44.9 Å². The number of carbonyl (C=O) groups excluding carboxylic acids is 1. The predicted octanol–water partition coefficient (Wildman–Crippen LogP) is 3.45. The van der Waals surface area contributed by atoms with Gasteiger partial charge < -0.3 is 4.90 Å². The number of piperidine rings is 1. The van der Waals surface area contributed by atoms with Crippen LogP contribution in [0, 0.1) is 17.3 Å². The number of hydrogen-bond donors (Lipinski definition) is 0. The fraction of sp³-hybridized carbons (Fsp3) is 0.667. The van der Waals surface area contributed by atoms with E-state index in [-0.39, 0.29) is 0 Å². The minimum Gasteiger partial charge on any atom is -0.371 e. The van der Waals surface area contributed by atoms with Crippen molar-refractivity contribution in [1.82, 2.24) is 4.98 Å². The molecule has 2 unspecified atom stereocenters. The van der Waals surface area contributed by atoms with Gasteiger partial charge in [0.25, 0.3) is 0 Å². The number of fused-ring (bicyclic) bond motifs is 1. The van der Waals surface area contributed by atoms with Gasteiger partial charge in [0, 0.05) is 43.5 Å². The fourth-order valence-corrected chi connectivity index (χ4v) is 5.02. The quantitative estimate of drug-likeness (QED) is 0.792. The molecule has 0 aromatic carbocycles. The Bertz CT molecular complexity index is 519. The number of aromatic nitrogens is 1. The van der Waals surface area contributed by atoms with Gasteiger partial charge in [-0.3, -0.25) is 9.78 Å². The van der Waals surface area contributed by atoms with Gasteiger partial charge in [-0.25, -0.2) is 0 Å². The van der Waals surface area contributed by atoms with E-state index < -0.39 is 0 Å². The van der Waals surface area contributed by atoms with Crippen LogP contribution >= 0.6 is 0 Å². The molecule has 2 atom stereocenters. The summed E-state index contributed by atoms with van der Waals surface area (Å²) in [7, 11) is 0. The van der Waals surface area contributed by atoms with Crippen molar-refractivity contribution in [2.24, 2.45) is 17.3 Å². The average molecular weight is 284 g/mol. The van der Waals surface area contributed by atoms with Crippen LogP contribution in [-0.4, -0.2) is 23.9 Å². The Kier molecular flexibility index (Phi) is 3.24. The topological polar surface area (TPSA) is 33.2 Å². The Hall–Kier alpha value is -1.38. The summed E-state index contributed by atoms with van der Waals surface area (Å²) in [6.45, 7) is 2.27. The van der Waals surface area contributed by atoms with Crippen molar-refractivity contribution in [3.05, 3.63) is 24.5 Å². The van der Waals surface area contributed by atoms with E-state index in [2.05, 4.69) is 22.0 Å². The monoisotopic (exact) mass is 284 g/mol. The zero-order chi connectivity index (χ0) is 14.3. The number of ketones is 1. The maximum Gasteiger partial charge on any atom is 0.136 e. The van der Waals surface area contributed by atoms with Crippen molar-refractivity contribution in [3.8, 4) is 0 Å². The van der Waals surface area contributed by atoms with Gasteiger partial charge in [0.1, 0.15) is 5.78 Å². The highest BCUT2D eigenvalue weighted by molar-refractivity contribution is 5.82. The van der Waals surface area contributed by atoms with Crippen LogP contribution in [-0.2, 0) is 4.79 Å². The van der Waals surface area contributed by atoms with Crippen molar-refractivity contribution in [3.63, 3.8) is 0 Å². The first-order chi connectivity index (χ1) is 10.3. The van der Waals surface area contributed by atoms with E-state index in [1.54, 1.807) is 0 Å². The lowest BCUT2D eigenvalue weighted by Gasteiger charge is -2.40. The zero-order valence-corrected chi connectivity index (χ0v) is 12.6. The molecule has 0 radical (unpaired) electrons. The molecule has 0 N–H and O–H groups in total. The van der Waals surface area contributed by atoms with E-state index in [1.165, 1.54) is 37.8 Å². The standard InChI is InChI=1S/C18H24N2O/c21-17-3-1-2-14-12-18(13-16(14)17)6-10-20(11-7-18)15-4-8-19-9-5-15/h4-5,8-9,14,16H,1-3,6-7,10-13H2. The molecule has 21 heavy (non-hydrogen) atoms. The van der Waals surface area contributed by atoms with Gasteiger partial charge in [0.05, 0.1) is 0 Å². The van der Waals surface area contributed by atoms with Gasteiger partial charge in [0.2, 0.25) is 0 Å². The summed E-state index contributed by atoms with van der Waals surface area (Å²) >= 11 is 0. The fourth-order valence-electron chi connectivity index (χ4n) is 5.02. The number of pyridine rings is 1. The van der Waals surface area contributed by atoms with Gasteiger partial charge in [0.15, 0.2) is 0 Å². The number of Topliss-reactive ketones (excluding diaryl/α,β-unsaturated/α-hetero) is 1. The lowest BCUT2D eigenvalue weighted by molar-refractivity contribution is -0.125. The molecule has 2 heterocycles. The van der Waals surface area contributed by atoms with Crippen molar-refractivity contribution >= 4 is 11.5 Å². The van der Waals surface area contributed by atoms with Crippen molar-refractivity contribution in [1.29, 1.82) is 0 Å². The minimum absolute atomic E-state index is 0.409. The number of carbonyl (C=O) groups is 1. The summed E-state index contributed by atoms with van der Waals surface area (Å²) in [4.78, 5) is 18.8. The molecule has 1 aliphatic heterocycles. The van der Waals surface area contributed by atoms with Gasteiger partial charge in [-0.05, 0) is 62.0 Å². The third-order valence-electron chi connectivity index (χ3n) is 6.18. The number of nitrogens with zero attached hydrogens (tertiary/aromatic N) is 2. The highest BCUT2D eigenvalue weighted by atomic mass is 16.1. The van der Waals surface area contributed by atoms with Crippen molar-refractivity contribution in [2.75, 3.05) is 18.0 Å². The van der Waals surface area contributed by atoms with Gasteiger partial charge in [-0.15, -0.1) is 0 Å². The van der Waals surface area contributed by atoms with E-state index in [0.29, 0.717) is 23.0 Å². The number of rotatable bonds is 1. The lowest BCUT2D eigenvalue weighted by atomic mass is 9.76. The largest absolute Gasteiger partial charge is 0.371 e. The van der Waals surface area contributed by atoms with E-state index in [0.717, 1.165) is 25.9 Å². The van der Waals surface area contributed by atoms with Crippen LogP contribution in [0.3, 0.4) is 0 Å². The summed E-state index contributed by atoms with van der Waals surface area (Å²) in [6.07, 6.45) is 12.1. The number of hydrogen-bond acceptors (Lipinski definition) is 3. The van der Waals surface area contributed by atoms with E-state index >= 15 is 0 Å². The van der Waals surface area contributed by atoms with Gasteiger partial charge in [-0.1, -0.05) is 0 Å². The third kappa shape index (κ3) is 2.37. The smallest absolute Gasteiger partial charge is 0.136 e. The molecule has 1 aromatic heterocycles. The highest BCUT2D eigenvalue weighted by Crippen LogP contribution is 2.55. The van der Waals surface area contributed by atoms with Crippen LogP contribution in [0.4, 0.5) is 5.69 Å². The van der Waals surface area contributed by atoms with Crippen LogP contribution in [0.1, 0.15) is 44.9 Å². The Morgan fingerprint density at radius 1 is 1.14 bits per heavy atom. The summed E-state index contributed by atoms with van der Waals surface area (Å²) in [5.41, 5.74) is 1.77. The summed E-state index contributed by atoms with van der Waals surface area (Å²) < 4.78 is 0. The van der Waals surface area contributed by atoms with Crippen LogP contribution in [0.15, 0.2) is 24.5 Å². The molecule has 4 rings (SSSR count). The Labute approximate surface area is 126 Å². The summed E-state index contributed by atoms with van der Waals surface area (Å²) in [6, 6.07) is 4.21. The lowest BCUT2D eigenvalue weighted by Crippen LogP contribution is -2.39. The molecular formula is C18H24N2O. The van der Waals surface area contributed by atoms with E-state index in [9.17, 15) is 4.79 Å². The molecule has 3 nitrogen and oxygen atoms in total. The third-order valence-corrected chi connectivity index (χ3v) is 6.18. The first-order valence-electron chi connectivity index (χ1n) is 8.44. The van der Waals surface area contributed by atoms with E-state index in [1.807, 2.05) is 12.4 Å². The minimum atomic E-state index is 0.409. The summed E-state index contributed by atoms with van der Waals surface area (Å²) in [5, 5.41) is 0. The molecule has 2 saturated carbocycles. The Morgan fingerprint density at radius 2 is 1.90 bits per heavy atom. The molecule has 3 aliphatic rings. The molecule has 112 valence electrons. The SMILES string of the molecule is O=C1CCCC2CC3(CCN(c4ccncc4)CC3)CC12. The van der Waals surface area contributed by atoms with Crippen LogP contribution in [0.2, 0.25) is 0 Å². The van der Waals surface area contributed by atoms with Crippen molar-refractivity contribution < 1.29 is 4.79 Å². The molecule has 2 aliphatic carbocycles. The van der Waals surface area contributed by atoms with E-state index in [4.69, 9.17) is 0 Å². The predicted molar refractivity (Wildman–Crippen MR) is 83.2 cm³/mol. The second kappa shape index (κ2) is 5.11. The number of anilines is 1.